The van der Waals surface area contributed by atoms with E-state index in [2.05, 4.69) is 20.9 Å². The summed E-state index contributed by atoms with van der Waals surface area (Å²) in [6, 6.07) is 6.42. The molecule has 2 aromatic rings. The second kappa shape index (κ2) is 6.46. The molecule has 1 heterocycles. The number of rotatable bonds is 5. The number of ketones is 1. The van der Waals surface area contributed by atoms with Gasteiger partial charge in [0.15, 0.2) is 5.78 Å². The molecule has 2 amide bonds. The predicted molar refractivity (Wildman–Crippen MR) is 73.5 cm³/mol. The molecule has 104 valence electrons. The van der Waals surface area contributed by atoms with E-state index in [-0.39, 0.29) is 11.8 Å². The van der Waals surface area contributed by atoms with E-state index < -0.39 is 0 Å². The number of anilines is 1. The van der Waals surface area contributed by atoms with E-state index in [9.17, 15) is 9.59 Å². The zero-order chi connectivity index (χ0) is 14.4. The lowest BCUT2D eigenvalue weighted by atomic mass is 10.1. The fourth-order valence-corrected chi connectivity index (χ4v) is 1.60. The first-order valence-corrected chi connectivity index (χ1v) is 6.15. The highest BCUT2D eigenvalue weighted by atomic mass is 16.2. The van der Waals surface area contributed by atoms with Crippen LogP contribution >= 0.6 is 0 Å². The molecule has 7 nitrogen and oxygen atoms in total. The van der Waals surface area contributed by atoms with Crippen molar-refractivity contribution in [1.82, 2.24) is 20.3 Å². The minimum Gasteiger partial charge on any atom is -0.336 e. The smallest absolute Gasteiger partial charge is 0.319 e. The Morgan fingerprint density at radius 1 is 1.25 bits per heavy atom. The number of carbonyl (C=O) groups is 2. The summed E-state index contributed by atoms with van der Waals surface area (Å²) in [7, 11) is 0. The van der Waals surface area contributed by atoms with Crippen molar-refractivity contribution in [2.75, 3.05) is 11.9 Å². The molecule has 0 saturated heterocycles. The molecule has 2 N–H and O–H groups in total. The van der Waals surface area contributed by atoms with Gasteiger partial charge in [0.25, 0.3) is 0 Å². The van der Waals surface area contributed by atoms with Gasteiger partial charge in [-0.2, -0.15) is 0 Å². The summed E-state index contributed by atoms with van der Waals surface area (Å²) in [5.74, 6) is -0.00571. The van der Waals surface area contributed by atoms with E-state index in [1.54, 1.807) is 41.3 Å². The van der Waals surface area contributed by atoms with Crippen molar-refractivity contribution in [3.8, 4) is 0 Å². The van der Waals surface area contributed by atoms with E-state index in [0.717, 1.165) is 0 Å². The molecule has 1 aromatic heterocycles. The van der Waals surface area contributed by atoms with Gasteiger partial charge in [0.2, 0.25) is 0 Å². The summed E-state index contributed by atoms with van der Waals surface area (Å²) in [5, 5.41) is 12.8. The van der Waals surface area contributed by atoms with Gasteiger partial charge in [0, 0.05) is 24.0 Å². The third-order valence-corrected chi connectivity index (χ3v) is 2.65. The molecule has 0 radical (unpaired) electrons. The number of aromatic nitrogens is 3. The van der Waals surface area contributed by atoms with Crippen LogP contribution in [0.1, 0.15) is 17.3 Å². The molecule has 7 heteroatoms. The minimum atomic E-state index is -0.305. The van der Waals surface area contributed by atoms with E-state index in [4.69, 9.17) is 0 Å². The maximum Gasteiger partial charge on any atom is 0.319 e. The van der Waals surface area contributed by atoms with Crippen molar-refractivity contribution < 1.29 is 9.59 Å². The fraction of sp³-hybridized carbons (Fsp3) is 0.231. The van der Waals surface area contributed by atoms with E-state index >= 15 is 0 Å². The monoisotopic (exact) mass is 273 g/mol. The summed E-state index contributed by atoms with van der Waals surface area (Å²) in [6.07, 6.45) is 3.30. The summed E-state index contributed by atoms with van der Waals surface area (Å²) >= 11 is 0. The third-order valence-electron chi connectivity index (χ3n) is 2.65. The van der Waals surface area contributed by atoms with Crippen LogP contribution in [0.2, 0.25) is 0 Å². The molecule has 2 rings (SSSR count). The SMILES string of the molecule is CC(=O)c1ccc(NC(=O)NCCn2ccnn2)cc1. The first-order chi connectivity index (χ1) is 9.65. The lowest BCUT2D eigenvalue weighted by Gasteiger charge is -2.07. The number of Topliss-reactive ketones (excluding diaryl/α,β-unsaturated/α-hetero) is 1. The van der Waals surface area contributed by atoms with Crippen LogP contribution in [-0.4, -0.2) is 33.4 Å². The fourth-order valence-electron chi connectivity index (χ4n) is 1.60. The third kappa shape index (κ3) is 3.91. The Kier molecular flexibility index (Phi) is 4.43. The van der Waals surface area contributed by atoms with Crippen molar-refractivity contribution in [3.63, 3.8) is 0 Å². The van der Waals surface area contributed by atoms with Crippen molar-refractivity contribution in [1.29, 1.82) is 0 Å². The zero-order valence-corrected chi connectivity index (χ0v) is 11.0. The number of amides is 2. The van der Waals surface area contributed by atoms with Gasteiger partial charge in [0.1, 0.15) is 0 Å². The van der Waals surface area contributed by atoms with Crippen LogP contribution < -0.4 is 10.6 Å². The zero-order valence-electron chi connectivity index (χ0n) is 11.0. The summed E-state index contributed by atoms with van der Waals surface area (Å²) in [4.78, 5) is 22.7. The number of nitrogens with zero attached hydrogens (tertiary/aromatic N) is 3. The molecule has 0 aliphatic rings. The molecule has 20 heavy (non-hydrogen) atoms. The second-order valence-electron chi connectivity index (χ2n) is 4.18. The first kappa shape index (κ1) is 13.7. The topological polar surface area (TPSA) is 88.9 Å². The lowest BCUT2D eigenvalue weighted by Crippen LogP contribution is -2.31. The maximum atomic E-state index is 11.6. The van der Waals surface area contributed by atoms with Crippen LogP contribution in [0.5, 0.6) is 0 Å². The van der Waals surface area contributed by atoms with Crippen molar-refractivity contribution in [2.45, 2.75) is 13.5 Å². The molecule has 0 unspecified atom stereocenters. The lowest BCUT2D eigenvalue weighted by molar-refractivity contribution is 0.101. The van der Waals surface area contributed by atoms with Gasteiger partial charge in [-0.25, -0.2) is 4.79 Å². The van der Waals surface area contributed by atoms with Crippen molar-refractivity contribution >= 4 is 17.5 Å². The quantitative estimate of drug-likeness (QED) is 0.804. The molecule has 0 aliphatic heterocycles. The van der Waals surface area contributed by atoms with Crippen LogP contribution in [0, 0.1) is 0 Å². The highest BCUT2D eigenvalue weighted by Crippen LogP contribution is 2.09. The van der Waals surface area contributed by atoms with Gasteiger partial charge in [-0.05, 0) is 31.2 Å². The van der Waals surface area contributed by atoms with Gasteiger partial charge in [-0.3, -0.25) is 9.48 Å². The number of nitrogens with one attached hydrogen (secondary N) is 2. The van der Waals surface area contributed by atoms with E-state index in [0.29, 0.717) is 24.3 Å². The number of hydrogen-bond donors (Lipinski definition) is 2. The molecule has 0 spiro atoms. The van der Waals surface area contributed by atoms with Gasteiger partial charge in [0.05, 0.1) is 12.7 Å². The molecule has 0 aliphatic carbocycles. The maximum absolute atomic E-state index is 11.6. The van der Waals surface area contributed by atoms with Crippen LogP contribution in [-0.2, 0) is 6.54 Å². The van der Waals surface area contributed by atoms with Crippen LogP contribution in [0.15, 0.2) is 36.7 Å². The highest BCUT2D eigenvalue weighted by Gasteiger charge is 2.03. The largest absolute Gasteiger partial charge is 0.336 e. The Morgan fingerprint density at radius 2 is 2.00 bits per heavy atom. The minimum absolute atomic E-state index is 0.00571. The number of urea groups is 1. The Hall–Kier alpha value is -2.70. The van der Waals surface area contributed by atoms with Crippen LogP contribution in [0.25, 0.3) is 0 Å². The summed E-state index contributed by atoms with van der Waals surface area (Å²) in [6.45, 7) is 2.50. The molecular formula is C13H15N5O2. The van der Waals surface area contributed by atoms with Crippen molar-refractivity contribution in [3.05, 3.63) is 42.2 Å². The normalized spacial score (nSPS) is 10.1. The molecule has 0 fully saturated rings. The molecule has 0 saturated carbocycles. The Bertz CT molecular complexity index is 577. The average Bonchev–Trinajstić information content (AvgIpc) is 2.92. The predicted octanol–water partition coefficient (Wildman–Crippen LogP) is 1.30. The van der Waals surface area contributed by atoms with Crippen molar-refractivity contribution in [2.24, 2.45) is 0 Å². The van der Waals surface area contributed by atoms with Crippen LogP contribution in [0.3, 0.4) is 0 Å². The molecule has 0 atom stereocenters. The van der Waals surface area contributed by atoms with E-state index in [1.807, 2.05) is 0 Å². The number of carbonyl (C=O) groups excluding carboxylic acids is 2. The molecule has 0 bridgehead atoms. The summed E-state index contributed by atoms with van der Waals surface area (Å²) in [5.41, 5.74) is 1.25. The molecule has 1 aromatic carbocycles. The number of hydrogen-bond acceptors (Lipinski definition) is 4. The van der Waals surface area contributed by atoms with Gasteiger partial charge < -0.3 is 10.6 Å². The van der Waals surface area contributed by atoms with Gasteiger partial charge in [-0.15, -0.1) is 5.10 Å². The highest BCUT2D eigenvalue weighted by molar-refractivity contribution is 5.95. The van der Waals surface area contributed by atoms with Crippen LogP contribution in [0.4, 0.5) is 10.5 Å². The first-order valence-electron chi connectivity index (χ1n) is 6.15. The van der Waals surface area contributed by atoms with Gasteiger partial charge >= 0.3 is 6.03 Å². The molecular weight excluding hydrogens is 258 g/mol. The number of benzene rings is 1. The Balaban J connectivity index is 1.77. The average molecular weight is 273 g/mol. The Morgan fingerprint density at radius 3 is 2.60 bits per heavy atom. The summed E-state index contributed by atoms with van der Waals surface area (Å²) < 4.78 is 1.63. The standard InChI is InChI=1S/C13H15N5O2/c1-10(19)11-2-4-12(5-3-11)16-13(20)14-6-8-18-9-7-15-17-18/h2-5,7,9H,6,8H2,1H3,(H2,14,16,20). The van der Waals surface area contributed by atoms with Gasteiger partial charge in [-0.1, -0.05) is 5.21 Å². The van der Waals surface area contributed by atoms with E-state index in [1.165, 1.54) is 6.92 Å². The second-order valence-corrected chi connectivity index (χ2v) is 4.18. The Labute approximate surface area is 116 Å².